The van der Waals surface area contributed by atoms with Crippen molar-refractivity contribution in [3.63, 3.8) is 0 Å². The third-order valence-electron chi connectivity index (χ3n) is 7.29. The molecule has 0 saturated carbocycles. The fourth-order valence-corrected chi connectivity index (χ4v) is 5.01. The SMILES string of the molecule is COC(C)(C)c1cc(-c2cncc([C@@](O)(c3ccc(C(C)C)cc3)C3(C)CN(C)C3)c2)n[nH]1. The minimum Gasteiger partial charge on any atom is -0.380 e. The van der Waals surface area contributed by atoms with E-state index in [1.165, 1.54) is 5.56 Å². The molecule has 0 amide bonds. The van der Waals surface area contributed by atoms with E-state index in [1.807, 2.05) is 26.0 Å². The van der Waals surface area contributed by atoms with E-state index in [2.05, 4.69) is 72.2 Å². The molecule has 33 heavy (non-hydrogen) atoms. The number of hydrogen-bond acceptors (Lipinski definition) is 5. The minimum absolute atomic E-state index is 0.337. The number of benzene rings is 1. The Labute approximate surface area is 197 Å². The van der Waals surface area contributed by atoms with Gasteiger partial charge in [0.15, 0.2) is 0 Å². The summed E-state index contributed by atoms with van der Waals surface area (Å²) < 4.78 is 5.58. The summed E-state index contributed by atoms with van der Waals surface area (Å²) in [5.74, 6) is 0.438. The number of pyridine rings is 1. The van der Waals surface area contributed by atoms with Gasteiger partial charge in [-0.15, -0.1) is 0 Å². The molecule has 176 valence electrons. The molecule has 3 aromatic rings. The molecule has 1 aromatic carbocycles. The van der Waals surface area contributed by atoms with Crippen molar-refractivity contribution in [2.24, 2.45) is 5.41 Å². The van der Waals surface area contributed by atoms with Crippen molar-refractivity contribution in [3.8, 4) is 11.3 Å². The molecule has 0 spiro atoms. The minimum atomic E-state index is -1.18. The first-order valence-corrected chi connectivity index (χ1v) is 11.6. The highest BCUT2D eigenvalue weighted by atomic mass is 16.5. The lowest BCUT2D eigenvalue weighted by atomic mass is 9.62. The van der Waals surface area contributed by atoms with E-state index in [1.54, 1.807) is 19.5 Å². The van der Waals surface area contributed by atoms with Crippen molar-refractivity contribution in [2.75, 3.05) is 27.2 Å². The van der Waals surface area contributed by atoms with Crippen LogP contribution in [0.2, 0.25) is 0 Å². The lowest BCUT2D eigenvalue weighted by molar-refractivity contribution is -0.127. The first-order chi connectivity index (χ1) is 15.5. The normalized spacial score (nSPS) is 18.2. The van der Waals surface area contributed by atoms with Gasteiger partial charge in [0, 0.05) is 49.1 Å². The Hall–Kier alpha value is -2.54. The van der Waals surface area contributed by atoms with Gasteiger partial charge in [0.1, 0.15) is 11.2 Å². The van der Waals surface area contributed by atoms with Crippen molar-refractivity contribution < 1.29 is 9.84 Å². The molecule has 1 atom stereocenters. The van der Waals surface area contributed by atoms with Gasteiger partial charge < -0.3 is 14.7 Å². The second kappa shape index (κ2) is 8.35. The van der Waals surface area contributed by atoms with Crippen molar-refractivity contribution in [1.29, 1.82) is 0 Å². The van der Waals surface area contributed by atoms with Crippen LogP contribution >= 0.6 is 0 Å². The van der Waals surface area contributed by atoms with E-state index < -0.39 is 11.2 Å². The van der Waals surface area contributed by atoms with Crippen LogP contribution in [0.25, 0.3) is 11.3 Å². The number of likely N-dealkylation sites (tertiary alicyclic amines) is 1. The third kappa shape index (κ3) is 4.01. The summed E-state index contributed by atoms with van der Waals surface area (Å²) in [5, 5.41) is 20.0. The van der Waals surface area contributed by atoms with Crippen LogP contribution in [0.3, 0.4) is 0 Å². The summed E-state index contributed by atoms with van der Waals surface area (Å²) in [6.07, 6.45) is 3.58. The summed E-state index contributed by atoms with van der Waals surface area (Å²) in [6.45, 7) is 12.1. The molecule has 3 heterocycles. The van der Waals surface area contributed by atoms with E-state index >= 15 is 0 Å². The quantitative estimate of drug-likeness (QED) is 0.550. The van der Waals surface area contributed by atoms with Crippen LogP contribution in [0.5, 0.6) is 0 Å². The maximum atomic E-state index is 12.4. The van der Waals surface area contributed by atoms with Gasteiger partial charge in [-0.05, 0) is 50.1 Å². The van der Waals surface area contributed by atoms with E-state index in [-0.39, 0.29) is 5.41 Å². The zero-order chi connectivity index (χ0) is 24.0. The number of aromatic amines is 1. The van der Waals surface area contributed by atoms with Crippen LogP contribution in [-0.4, -0.2) is 52.4 Å². The molecular weight excluding hydrogens is 412 g/mol. The molecule has 0 bridgehead atoms. The second-order valence-corrected chi connectivity index (χ2v) is 10.6. The van der Waals surface area contributed by atoms with Gasteiger partial charge in [-0.25, -0.2) is 0 Å². The predicted octanol–water partition coefficient (Wildman–Crippen LogP) is 4.66. The number of rotatable bonds is 7. The van der Waals surface area contributed by atoms with Crippen LogP contribution in [0, 0.1) is 5.41 Å². The number of aliphatic hydroxyl groups is 1. The molecule has 2 N–H and O–H groups in total. The molecule has 2 aromatic heterocycles. The molecule has 4 rings (SSSR count). The van der Waals surface area contributed by atoms with E-state index in [0.29, 0.717) is 5.92 Å². The topological polar surface area (TPSA) is 74.3 Å². The van der Waals surface area contributed by atoms with E-state index in [9.17, 15) is 5.11 Å². The van der Waals surface area contributed by atoms with E-state index in [0.717, 1.165) is 41.2 Å². The molecule has 1 saturated heterocycles. The van der Waals surface area contributed by atoms with Crippen LogP contribution in [0.1, 0.15) is 62.9 Å². The van der Waals surface area contributed by atoms with Crippen LogP contribution in [-0.2, 0) is 15.9 Å². The smallest absolute Gasteiger partial charge is 0.124 e. The maximum absolute atomic E-state index is 12.4. The molecule has 0 unspecified atom stereocenters. The third-order valence-corrected chi connectivity index (χ3v) is 7.29. The van der Waals surface area contributed by atoms with Gasteiger partial charge in [0.2, 0.25) is 0 Å². The largest absolute Gasteiger partial charge is 0.380 e. The fraction of sp³-hybridized carbons (Fsp3) is 0.481. The van der Waals surface area contributed by atoms with Crippen molar-refractivity contribution in [3.05, 3.63) is 71.2 Å². The zero-order valence-corrected chi connectivity index (χ0v) is 20.8. The molecule has 1 aliphatic heterocycles. The average molecular weight is 449 g/mol. The van der Waals surface area contributed by atoms with Gasteiger partial charge in [-0.2, -0.15) is 5.10 Å². The standard InChI is InChI=1S/C27H36N4O2/c1-18(2)19-8-10-21(11-9-19)27(32,26(5)16-31(6)17-26)22-12-20(14-28-15-22)23-13-24(30-29-23)25(3,4)33-7/h8-15,18,32H,16-17H2,1-7H3,(H,29,30)/t27-/m0/s1. The summed E-state index contributed by atoms with van der Waals surface area (Å²) in [4.78, 5) is 6.76. The molecule has 6 heteroatoms. The number of methoxy groups -OCH3 is 1. The predicted molar refractivity (Wildman–Crippen MR) is 131 cm³/mol. The van der Waals surface area contributed by atoms with E-state index in [4.69, 9.17) is 4.74 Å². The first kappa shape index (κ1) is 23.6. The molecular formula is C27H36N4O2. The number of H-pyrrole nitrogens is 1. The Kier molecular flexibility index (Phi) is 5.97. The van der Waals surface area contributed by atoms with Crippen molar-refractivity contribution in [2.45, 2.75) is 51.7 Å². The summed E-state index contributed by atoms with van der Waals surface area (Å²) in [7, 11) is 3.77. The van der Waals surface area contributed by atoms with Gasteiger partial charge in [-0.3, -0.25) is 10.1 Å². The summed E-state index contributed by atoms with van der Waals surface area (Å²) in [5.41, 5.74) is 3.46. The zero-order valence-electron chi connectivity index (χ0n) is 20.8. The lowest BCUT2D eigenvalue weighted by Crippen LogP contribution is -2.63. The summed E-state index contributed by atoms with van der Waals surface area (Å²) in [6, 6.07) is 12.4. The Morgan fingerprint density at radius 3 is 2.33 bits per heavy atom. The Bertz CT molecular complexity index is 1110. The van der Waals surface area contributed by atoms with Crippen molar-refractivity contribution >= 4 is 0 Å². The number of ether oxygens (including phenoxy) is 1. The van der Waals surface area contributed by atoms with Gasteiger partial charge in [0.05, 0.1) is 11.4 Å². The Morgan fingerprint density at radius 1 is 1.09 bits per heavy atom. The Morgan fingerprint density at radius 2 is 1.76 bits per heavy atom. The highest BCUT2D eigenvalue weighted by molar-refractivity contribution is 5.60. The molecule has 0 aliphatic carbocycles. The number of aromatic nitrogens is 3. The summed E-state index contributed by atoms with van der Waals surface area (Å²) >= 11 is 0. The monoisotopic (exact) mass is 448 g/mol. The molecule has 1 fully saturated rings. The fourth-order valence-electron chi connectivity index (χ4n) is 5.01. The Balaban J connectivity index is 1.79. The van der Waals surface area contributed by atoms with Gasteiger partial charge in [-0.1, -0.05) is 45.0 Å². The van der Waals surface area contributed by atoms with Gasteiger partial charge in [0.25, 0.3) is 0 Å². The molecule has 6 nitrogen and oxygen atoms in total. The van der Waals surface area contributed by atoms with Crippen LogP contribution in [0.15, 0.2) is 48.8 Å². The molecule has 1 aliphatic rings. The number of nitrogens with one attached hydrogen (secondary N) is 1. The maximum Gasteiger partial charge on any atom is 0.124 e. The number of hydrogen-bond donors (Lipinski definition) is 2. The van der Waals surface area contributed by atoms with Gasteiger partial charge >= 0.3 is 0 Å². The van der Waals surface area contributed by atoms with Crippen LogP contribution < -0.4 is 0 Å². The average Bonchev–Trinajstić information content (AvgIpc) is 3.29. The lowest BCUT2D eigenvalue weighted by Gasteiger charge is -2.55. The highest BCUT2D eigenvalue weighted by Crippen LogP contribution is 2.50. The van der Waals surface area contributed by atoms with Crippen molar-refractivity contribution in [1.82, 2.24) is 20.1 Å². The van der Waals surface area contributed by atoms with Crippen LogP contribution in [0.4, 0.5) is 0 Å². The highest BCUT2D eigenvalue weighted by Gasteiger charge is 2.55. The second-order valence-electron chi connectivity index (χ2n) is 10.6. The molecule has 0 radical (unpaired) electrons. The number of nitrogens with zero attached hydrogens (tertiary/aromatic N) is 3. The first-order valence-electron chi connectivity index (χ1n) is 11.6.